The Morgan fingerprint density at radius 1 is 1.21 bits per heavy atom. The maximum absolute atomic E-state index is 13.7. The second-order valence-corrected chi connectivity index (χ2v) is 10.1. The number of hydrogen-bond acceptors (Lipinski definition) is 8. The van der Waals surface area contributed by atoms with Crippen LogP contribution in [0.25, 0.3) is 10.9 Å². The lowest BCUT2D eigenvalue weighted by molar-refractivity contribution is 0.0699. The summed E-state index contributed by atoms with van der Waals surface area (Å²) in [5, 5.41) is 14.0. The first-order valence-corrected chi connectivity index (χ1v) is 12.1. The SMILES string of the molecule is COc1ccc(CS(=O)(=O)N(c2ncc(Cl)s2)n2ncc3c(C(=O)O)cccc32)c(OC)c1. The third-order valence-corrected chi connectivity index (χ3v) is 7.46. The Kier molecular flexibility index (Phi) is 6.15. The number of nitrogens with zero attached hydrogens (tertiary/aromatic N) is 4. The van der Waals surface area contributed by atoms with Gasteiger partial charge in [0, 0.05) is 17.0 Å². The molecule has 0 amide bonds. The molecule has 0 saturated carbocycles. The molecule has 4 rings (SSSR count). The molecular formula is C20H17ClN4O6S2. The standard InChI is InChI=1S/C20H17ClN4O6S2/c1-30-13-7-6-12(17(8-13)31-2)11-33(28,29)25(20-22-10-18(21)32-20)24-16-5-3-4-14(19(26)27)15(16)9-23-24/h3-10H,11H2,1-2H3,(H,26,27). The van der Waals surface area contributed by atoms with Gasteiger partial charge in [0.2, 0.25) is 5.13 Å². The van der Waals surface area contributed by atoms with Gasteiger partial charge in [-0.15, -0.1) is 4.41 Å². The second-order valence-electron chi connectivity index (χ2n) is 6.70. The van der Waals surface area contributed by atoms with Crippen LogP contribution in [-0.4, -0.2) is 48.6 Å². The van der Waals surface area contributed by atoms with Crippen molar-refractivity contribution in [1.29, 1.82) is 0 Å². The molecule has 2 aromatic carbocycles. The van der Waals surface area contributed by atoms with Crippen molar-refractivity contribution in [1.82, 2.24) is 14.9 Å². The highest BCUT2D eigenvalue weighted by Gasteiger charge is 2.31. The normalized spacial score (nSPS) is 11.5. The zero-order valence-corrected chi connectivity index (χ0v) is 19.7. The summed E-state index contributed by atoms with van der Waals surface area (Å²) >= 11 is 6.97. The van der Waals surface area contributed by atoms with Gasteiger partial charge in [-0.1, -0.05) is 35.1 Å². The van der Waals surface area contributed by atoms with E-state index < -0.39 is 21.7 Å². The van der Waals surface area contributed by atoms with E-state index in [2.05, 4.69) is 10.1 Å². The number of methoxy groups -OCH3 is 2. The van der Waals surface area contributed by atoms with E-state index in [1.165, 1.54) is 38.7 Å². The summed E-state index contributed by atoms with van der Waals surface area (Å²) < 4.78 is 39.1. The molecule has 0 aliphatic rings. The fourth-order valence-corrected chi connectivity index (χ4v) is 5.90. The lowest BCUT2D eigenvalue weighted by Crippen LogP contribution is -2.37. The highest BCUT2D eigenvalue weighted by molar-refractivity contribution is 7.92. The molecule has 0 aliphatic carbocycles. The number of carboxylic acid groups (broad SMARTS) is 1. The van der Waals surface area contributed by atoms with Crippen molar-refractivity contribution in [3.8, 4) is 11.5 Å². The molecule has 0 atom stereocenters. The van der Waals surface area contributed by atoms with E-state index >= 15 is 0 Å². The molecular weight excluding hydrogens is 492 g/mol. The molecule has 13 heteroatoms. The van der Waals surface area contributed by atoms with Crippen LogP contribution in [-0.2, 0) is 15.8 Å². The molecule has 4 aromatic rings. The second kappa shape index (κ2) is 8.89. The van der Waals surface area contributed by atoms with Gasteiger partial charge in [0.15, 0.2) is 0 Å². The summed E-state index contributed by atoms with van der Waals surface area (Å²) in [5.74, 6) is -0.781. The van der Waals surface area contributed by atoms with Gasteiger partial charge < -0.3 is 14.6 Å². The van der Waals surface area contributed by atoms with Crippen molar-refractivity contribution in [3.05, 3.63) is 64.3 Å². The first-order chi connectivity index (χ1) is 15.7. The molecule has 0 bridgehead atoms. The molecule has 0 spiro atoms. The summed E-state index contributed by atoms with van der Waals surface area (Å²) in [6.45, 7) is 0. The van der Waals surface area contributed by atoms with Crippen molar-refractivity contribution >= 4 is 55.0 Å². The Morgan fingerprint density at radius 3 is 2.64 bits per heavy atom. The smallest absolute Gasteiger partial charge is 0.336 e. The van der Waals surface area contributed by atoms with Gasteiger partial charge in [0.05, 0.1) is 43.4 Å². The van der Waals surface area contributed by atoms with Crippen LogP contribution in [0.2, 0.25) is 4.34 Å². The predicted octanol–water partition coefficient (Wildman–Crippen LogP) is 3.66. The average Bonchev–Trinajstić information content (AvgIpc) is 3.40. The fraction of sp³-hybridized carbons (Fsp3) is 0.150. The first-order valence-electron chi connectivity index (χ1n) is 9.30. The molecule has 0 radical (unpaired) electrons. The number of hydrogen-bond donors (Lipinski definition) is 1. The molecule has 2 aromatic heterocycles. The van der Waals surface area contributed by atoms with Crippen LogP contribution in [0, 0.1) is 0 Å². The summed E-state index contributed by atoms with van der Waals surface area (Å²) in [5.41, 5.74) is 0.644. The van der Waals surface area contributed by atoms with Gasteiger partial charge in [0.1, 0.15) is 15.8 Å². The highest BCUT2D eigenvalue weighted by atomic mass is 35.5. The van der Waals surface area contributed by atoms with Crippen LogP contribution < -0.4 is 13.9 Å². The topological polar surface area (TPSA) is 124 Å². The molecule has 1 N–H and O–H groups in total. The van der Waals surface area contributed by atoms with Gasteiger partial charge in [0.25, 0.3) is 10.0 Å². The van der Waals surface area contributed by atoms with E-state index in [0.717, 1.165) is 20.5 Å². The molecule has 0 unspecified atom stereocenters. The lowest BCUT2D eigenvalue weighted by atomic mass is 10.1. The van der Waals surface area contributed by atoms with Crippen molar-refractivity contribution in [2.75, 3.05) is 18.6 Å². The average molecular weight is 509 g/mol. The number of fused-ring (bicyclic) bond motifs is 1. The number of sulfonamides is 1. The van der Waals surface area contributed by atoms with Gasteiger partial charge in [-0.2, -0.15) is 9.89 Å². The number of anilines is 1. The van der Waals surface area contributed by atoms with Crippen LogP contribution in [0.15, 0.2) is 48.8 Å². The minimum atomic E-state index is -4.16. The van der Waals surface area contributed by atoms with Crippen molar-refractivity contribution in [3.63, 3.8) is 0 Å². The minimum absolute atomic E-state index is 0.00917. The van der Waals surface area contributed by atoms with Crippen LogP contribution in [0.4, 0.5) is 5.13 Å². The van der Waals surface area contributed by atoms with E-state index in [1.54, 1.807) is 24.3 Å². The minimum Gasteiger partial charge on any atom is -0.497 e. The quantitative estimate of drug-likeness (QED) is 0.382. The Balaban J connectivity index is 1.87. The Bertz CT molecular complexity index is 1450. The molecule has 0 fully saturated rings. The Labute approximate surface area is 197 Å². The number of rotatable bonds is 8. The monoisotopic (exact) mass is 508 g/mol. The van der Waals surface area contributed by atoms with Crippen LogP contribution in [0.1, 0.15) is 15.9 Å². The molecule has 33 heavy (non-hydrogen) atoms. The summed E-state index contributed by atoms with van der Waals surface area (Å²) in [4.78, 5) is 16.8. The number of carboxylic acids is 1. The van der Waals surface area contributed by atoms with Gasteiger partial charge >= 0.3 is 5.97 Å². The zero-order chi connectivity index (χ0) is 23.8. The van der Waals surface area contributed by atoms with Gasteiger partial charge in [-0.25, -0.2) is 18.2 Å². The molecule has 2 heterocycles. The Morgan fingerprint density at radius 2 is 2.00 bits per heavy atom. The molecule has 172 valence electrons. The predicted molar refractivity (Wildman–Crippen MR) is 124 cm³/mol. The van der Waals surface area contributed by atoms with E-state index in [9.17, 15) is 18.3 Å². The molecule has 0 aliphatic heterocycles. The summed E-state index contributed by atoms with van der Waals surface area (Å²) in [6, 6.07) is 9.29. The van der Waals surface area contributed by atoms with Crippen molar-refractivity contribution < 1.29 is 27.8 Å². The number of aromatic nitrogens is 3. The summed E-state index contributed by atoms with van der Waals surface area (Å²) in [6.07, 6.45) is 2.62. The molecule has 10 nitrogen and oxygen atoms in total. The van der Waals surface area contributed by atoms with E-state index in [0.29, 0.717) is 17.1 Å². The largest absolute Gasteiger partial charge is 0.497 e. The van der Waals surface area contributed by atoms with E-state index in [4.69, 9.17) is 21.1 Å². The maximum Gasteiger partial charge on any atom is 0.336 e. The van der Waals surface area contributed by atoms with Crippen LogP contribution in [0.5, 0.6) is 11.5 Å². The zero-order valence-electron chi connectivity index (χ0n) is 17.3. The van der Waals surface area contributed by atoms with Crippen LogP contribution >= 0.6 is 22.9 Å². The number of halogens is 1. The Hall–Kier alpha value is -3.35. The third-order valence-electron chi connectivity index (χ3n) is 4.72. The third kappa shape index (κ3) is 4.32. The number of carbonyl (C=O) groups is 1. The lowest BCUT2D eigenvalue weighted by Gasteiger charge is -2.22. The fourth-order valence-electron chi connectivity index (χ4n) is 3.25. The molecule has 0 saturated heterocycles. The highest BCUT2D eigenvalue weighted by Crippen LogP contribution is 2.33. The number of benzene rings is 2. The first kappa shape index (κ1) is 22.8. The van der Waals surface area contributed by atoms with Crippen molar-refractivity contribution in [2.24, 2.45) is 0 Å². The summed E-state index contributed by atoms with van der Waals surface area (Å²) in [7, 11) is -1.24. The van der Waals surface area contributed by atoms with Gasteiger partial charge in [-0.05, 0) is 18.2 Å². The van der Waals surface area contributed by atoms with Gasteiger partial charge in [-0.3, -0.25) is 0 Å². The van der Waals surface area contributed by atoms with E-state index in [1.807, 2.05) is 0 Å². The maximum atomic E-state index is 13.7. The van der Waals surface area contributed by atoms with E-state index in [-0.39, 0.29) is 25.9 Å². The number of ether oxygens (including phenoxy) is 2. The van der Waals surface area contributed by atoms with Crippen molar-refractivity contribution in [2.45, 2.75) is 5.75 Å². The number of aromatic carboxylic acids is 1. The van der Waals surface area contributed by atoms with Crippen LogP contribution in [0.3, 0.4) is 0 Å². The number of thiazole rings is 1.